The lowest BCUT2D eigenvalue weighted by molar-refractivity contribution is -0.137. The van der Waals surface area contributed by atoms with E-state index in [0.29, 0.717) is 23.5 Å². The van der Waals surface area contributed by atoms with Gasteiger partial charge in [0.25, 0.3) is 0 Å². The number of anilines is 1. The van der Waals surface area contributed by atoms with Gasteiger partial charge in [-0.05, 0) is 42.4 Å². The molecule has 1 N–H and O–H groups in total. The molecule has 0 aliphatic carbocycles. The molecule has 6 nitrogen and oxygen atoms in total. The molecule has 3 aromatic rings. The molecule has 0 saturated carbocycles. The molecule has 0 spiro atoms. The summed E-state index contributed by atoms with van der Waals surface area (Å²) >= 11 is 1.48. The summed E-state index contributed by atoms with van der Waals surface area (Å²) in [5.41, 5.74) is 0.841. The molecule has 0 unspecified atom stereocenters. The molecule has 1 aliphatic rings. The zero-order valence-electron chi connectivity index (χ0n) is 18.9. The number of aromatic nitrogens is 1. The Balaban J connectivity index is 1.41. The summed E-state index contributed by atoms with van der Waals surface area (Å²) in [4.78, 5) is 9.58. The van der Waals surface area contributed by atoms with Crippen LogP contribution in [0.5, 0.6) is 17.4 Å². The Hall–Kier alpha value is -2.98. The summed E-state index contributed by atoms with van der Waals surface area (Å²) in [7, 11) is 3.62. The number of benzene rings is 2. The van der Waals surface area contributed by atoms with Crippen LogP contribution in [0.3, 0.4) is 0 Å². The summed E-state index contributed by atoms with van der Waals surface area (Å²) in [6.07, 6.45) is -3.87. The van der Waals surface area contributed by atoms with Gasteiger partial charge in [0, 0.05) is 32.6 Å². The lowest BCUT2D eigenvalue weighted by Gasteiger charge is -2.31. The van der Waals surface area contributed by atoms with Crippen LogP contribution < -0.4 is 14.4 Å². The standard InChI is InChI=1S/C24H26F3N3O3S/c1-29-9-11-30(12-10-29)23-28-22(31)21(34-23)14-17-5-8-19(20(13-17)32-2)33-15-16-3-6-18(7-4-16)24(25,26)27/h3-8,13,31H,9-12,14-15H2,1-2H3. The van der Waals surface area contributed by atoms with E-state index < -0.39 is 11.7 Å². The molecule has 0 amide bonds. The molecular formula is C24H26F3N3O3S. The van der Waals surface area contributed by atoms with Crippen molar-refractivity contribution in [2.75, 3.05) is 45.2 Å². The lowest BCUT2D eigenvalue weighted by Crippen LogP contribution is -2.44. The number of methoxy groups -OCH3 is 1. The average molecular weight is 494 g/mol. The van der Waals surface area contributed by atoms with E-state index >= 15 is 0 Å². The van der Waals surface area contributed by atoms with E-state index in [1.54, 1.807) is 6.07 Å². The number of ether oxygens (including phenoxy) is 2. The monoisotopic (exact) mass is 493 g/mol. The van der Waals surface area contributed by atoms with E-state index in [4.69, 9.17) is 9.47 Å². The second-order valence-corrected chi connectivity index (χ2v) is 9.24. The zero-order valence-corrected chi connectivity index (χ0v) is 19.7. The molecule has 4 rings (SSSR count). The van der Waals surface area contributed by atoms with E-state index in [0.717, 1.165) is 53.9 Å². The highest BCUT2D eigenvalue weighted by molar-refractivity contribution is 7.15. The van der Waals surface area contributed by atoms with Gasteiger partial charge in [-0.2, -0.15) is 18.2 Å². The summed E-state index contributed by atoms with van der Waals surface area (Å²) < 4.78 is 49.4. The highest BCUT2D eigenvalue weighted by Crippen LogP contribution is 2.35. The third kappa shape index (κ3) is 5.74. The number of hydrogen-bond donors (Lipinski definition) is 1. The van der Waals surface area contributed by atoms with Gasteiger partial charge in [0.05, 0.1) is 17.6 Å². The van der Waals surface area contributed by atoms with Gasteiger partial charge in [-0.25, -0.2) is 0 Å². The minimum absolute atomic E-state index is 0.0422. The number of halogens is 3. The minimum Gasteiger partial charge on any atom is -0.493 e. The van der Waals surface area contributed by atoms with Crippen LogP contribution in [0.4, 0.5) is 18.3 Å². The normalized spacial score (nSPS) is 14.9. The Morgan fingerprint density at radius 3 is 2.32 bits per heavy atom. The fourth-order valence-corrected chi connectivity index (χ4v) is 4.70. The van der Waals surface area contributed by atoms with Crippen molar-refractivity contribution >= 4 is 16.5 Å². The van der Waals surface area contributed by atoms with Crippen molar-refractivity contribution in [3.8, 4) is 17.4 Å². The van der Waals surface area contributed by atoms with Gasteiger partial charge in [-0.15, -0.1) is 0 Å². The number of hydrogen-bond acceptors (Lipinski definition) is 7. The SMILES string of the molecule is COc1cc(Cc2sc(N3CCN(C)CC3)nc2O)ccc1OCc1ccc(C(F)(F)F)cc1. The van der Waals surface area contributed by atoms with Crippen LogP contribution in [0.1, 0.15) is 21.6 Å². The van der Waals surface area contributed by atoms with Crippen LogP contribution in [0.25, 0.3) is 0 Å². The molecule has 1 saturated heterocycles. The van der Waals surface area contributed by atoms with Gasteiger partial charge in [-0.3, -0.25) is 0 Å². The highest BCUT2D eigenvalue weighted by Gasteiger charge is 2.30. The first kappa shape index (κ1) is 24.2. The molecule has 1 aromatic heterocycles. The van der Waals surface area contributed by atoms with Crippen molar-refractivity contribution < 1.29 is 27.8 Å². The average Bonchev–Trinajstić information content (AvgIpc) is 3.18. The molecule has 1 fully saturated rings. The van der Waals surface area contributed by atoms with Crippen molar-refractivity contribution in [1.29, 1.82) is 0 Å². The number of rotatable bonds is 7. The maximum absolute atomic E-state index is 12.7. The second-order valence-electron chi connectivity index (χ2n) is 8.18. The Morgan fingerprint density at radius 2 is 1.68 bits per heavy atom. The Morgan fingerprint density at radius 1 is 1.00 bits per heavy atom. The van der Waals surface area contributed by atoms with Gasteiger partial charge in [0.2, 0.25) is 5.88 Å². The van der Waals surface area contributed by atoms with Crippen LogP contribution in [0.2, 0.25) is 0 Å². The Kier molecular flexibility index (Phi) is 7.18. The molecular weight excluding hydrogens is 467 g/mol. The number of nitrogens with zero attached hydrogens (tertiary/aromatic N) is 3. The fraction of sp³-hybridized carbons (Fsp3) is 0.375. The van der Waals surface area contributed by atoms with Crippen molar-refractivity contribution in [2.24, 2.45) is 0 Å². The first-order chi connectivity index (χ1) is 16.2. The zero-order chi connectivity index (χ0) is 24.3. The van der Waals surface area contributed by atoms with Gasteiger partial charge in [0.15, 0.2) is 16.6 Å². The maximum atomic E-state index is 12.7. The first-order valence-corrected chi connectivity index (χ1v) is 11.6. The predicted molar refractivity (Wildman–Crippen MR) is 125 cm³/mol. The van der Waals surface area contributed by atoms with Gasteiger partial charge < -0.3 is 24.4 Å². The molecule has 2 aromatic carbocycles. The summed E-state index contributed by atoms with van der Waals surface area (Å²) in [5.74, 6) is 1.03. The molecule has 2 heterocycles. The Labute approximate surface area is 200 Å². The third-order valence-electron chi connectivity index (χ3n) is 5.71. The van der Waals surface area contributed by atoms with Gasteiger partial charge in [-0.1, -0.05) is 29.5 Å². The highest BCUT2D eigenvalue weighted by atomic mass is 32.1. The predicted octanol–water partition coefficient (Wildman–Crippen LogP) is 4.80. The topological polar surface area (TPSA) is 58.1 Å². The van der Waals surface area contributed by atoms with E-state index in [-0.39, 0.29) is 12.5 Å². The van der Waals surface area contributed by atoms with E-state index in [2.05, 4.69) is 21.8 Å². The van der Waals surface area contributed by atoms with E-state index in [9.17, 15) is 18.3 Å². The smallest absolute Gasteiger partial charge is 0.416 e. The number of aromatic hydroxyl groups is 1. The summed E-state index contributed by atoms with van der Waals surface area (Å²) in [5, 5.41) is 11.2. The summed E-state index contributed by atoms with van der Waals surface area (Å²) in [6, 6.07) is 10.3. The van der Waals surface area contributed by atoms with E-state index in [1.165, 1.54) is 30.6 Å². The van der Waals surface area contributed by atoms with Crippen LogP contribution in [0, 0.1) is 0 Å². The maximum Gasteiger partial charge on any atom is 0.416 e. The molecule has 1 aliphatic heterocycles. The number of likely N-dealkylation sites (N-methyl/N-ethyl adjacent to an activating group) is 1. The molecule has 182 valence electrons. The molecule has 0 bridgehead atoms. The number of thiazole rings is 1. The fourth-order valence-electron chi connectivity index (χ4n) is 3.66. The molecule has 0 atom stereocenters. The van der Waals surface area contributed by atoms with Crippen molar-refractivity contribution in [3.05, 3.63) is 64.0 Å². The van der Waals surface area contributed by atoms with Crippen LogP contribution in [-0.4, -0.2) is 55.3 Å². The minimum atomic E-state index is -4.36. The third-order valence-corrected chi connectivity index (χ3v) is 6.81. The van der Waals surface area contributed by atoms with Crippen molar-refractivity contribution in [3.63, 3.8) is 0 Å². The number of piperazine rings is 1. The van der Waals surface area contributed by atoms with Crippen molar-refractivity contribution in [2.45, 2.75) is 19.2 Å². The Bertz CT molecular complexity index is 1110. The molecule has 34 heavy (non-hydrogen) atoms. The van der Waals surface area contributed by atoms with Gasteiger partial charge in [0.1, 0.15) is 6.61 Å². The molecule has 10 heteroatoms. The van der Waals surface area contributed by atoms with Crippen LogP contribution >= 0.6 is 11.3 Å². The number of alkyl halides is 3. The lowest BCUT2D eigenvalue weighted by atomic mass is 10.1. The van der Waals surface area contributed by atoms with E-state index in [1.807, 2.05) is 12.1 Å². The first-order valence-electron chi connectivity index (χ1n) is 10.8. The second kappa shape index (κ2) is 10.1. The van der Waals surface area contributed by atoms with Crippen LogP contribution in [-0.2, 0) is 19.2 Å². The molecule has 0 radical (unpaired) electrons. The van der Waals surface area contributed by atoms with Gasteiger partial charge >= 0.3 is 6.18 Å². The van der Waals surface area contributed by atoms with Crippen LogP contribution in [0.15, 0.2) is 42.5 Å². The quantitative estimate of drug-likeness (QED) is 0.511. The largest absolute Gasteiger partial charge is 0.493 e. The summed E-state index contributed by atoms with van der Waals surface area (Å²) in [6.45, 7) is 3.78. The van der Waals surface area contributed by atoms with Crippen molar-refractivity contribution in [1.82, 2.24) is 9.88 Å².